The quantitative estimate of drug-likeness (QED) is 0.731. The molecule has 0 heterocycles. The lowest BCUT2D eigenvalue weighted by molar-refractivity contribution is 0.467. The number of halogens is 1. The molecule has 0 aromatic heterocycles. The van der Waals surface area contributed by atoms with Crippen molar-refractivity contribution < 1.29 is 5.11 Å². The molecule has 3 heteroatoms. The Hall–Kier alpha value is -0.730. The van der Waals surface area contributed by atoms with Crippen LogP contribution in [0.4, 0.5) is 0 Å². The number of nitrogens with one attached hydrogen (secondary N) is 1. The Morgan fingerprint density at radius 1 is 1.31 bits per heavy atom. The first-order chi connectivity index (χ1) is 5.84. The lowest BCUT2D eigenvalue weighted by atomic mass is 10.1. The van der Waals surface area contributed by atoms with Crippen molar-refractivity contribution in [3.8, 4) is 5.75 Å². The Labute approximate surface area is 85.4 Å². The van der Waals surface area contributed by atoms with E-state index in [0.29, 0.717) is 5.75 Å². The second-order valence-electron chi connectivity index (χ2n) is 2.73. The molecule has 0 spiro atoms. The van der Waals surface area contributed by atoms with Crippen LogP contribution in [-0.4, -0.2) is 18.2 Å². The zero-order chi connectivity index (χ0) is 8.81. The van der Waals surface area contributed by atoms with E-state index in [1.165, 1.54) is 0 Å². The van der Waals surface area contributed by atoms with Gasteiger partial charge < -0.3 is 10.4 Å². The Morgan fingerprint density at radius 3 is 2.62 bits per heavy atom. The van der Waals surface area contributed by atoms with Crippen LogP contribution in [0.25, 0.3) is 0 Å². The fourth-order valence-electron chi connectivity index (χ4n) is 1.12. The van der Waals surface area contributed by atoms with Crippen molar-refractivity contribution in [2.75, 3.05) is 13.1 Å². The molecule has 0 bridgehead atoms. The predicted octanol–water partition coefficient (Wildman–Crippen LogP) is 1.97. The van der Waals surface area contributed by atoms with Gasteiger partial charge in [-0.1, -0.05) is 25.1 Å². The van der Waals surface area contributed by atoms with Crippen LogP contribution in [0.2, 0.25) is 0 Å². The van der Waals surface area contributed by atoms with Gasteiger partial charge in [0.2, 0.25) is 0 Å². The molecule has 1 rings (SSSR count). The Bertz CT molecular complexity index is 240. The van der Waals surface area contributed by atoms with Crippen LogP contribution < -0.4 is 5.32 Å². The van der Waals surface area contributed by atoms with Gasteiger partial charge in [0.1, 0.15) is 5.75 Å². The molecule has 1 aromatic carbocycles. The maximum atomic E-state index is 9.38. The number of aromatic hydroxyl groups is 1. The molecule has 2 N–H and O–H groups in total. The highest BCUT2D eigenvalue weighted by atomic mass is 35.5. The van der Waals surface area contributed by atoms with Gasteiger partial charge in [0, 0.05) is 0 Å². The van der Waals surface area contributed by atoms with Crippen molar-refractivity contribution in [2.45, 2.75) is 13.3 Å². The van der Waals surface area contributed by atoms with Crippen LogP contribution in [0.1, 0.15) is 12.5 Å². The minimum atomic E-state index is 0. The fourth-order valence-corrected chi connectivity index (χ4v) is 1.12. The van der Waals surface area contributed by atoms with Gasteiger partial charge in [-0.15, -0.1) is 12.4 Å². The van der Waals surface area contributed by atoms with E-state index < -0.39 is 0 Å². The summed E-state index contributed by atoms with van der Waals surface area (Å²) in [5.41, 5.74) is 1.01. The predicted molar refractivity (Wildman–Crippen MR) is 57.6 cm³/mol. The van der Waals surface area contributed by atoms with Crippen LogP contribution >= 0.6 is 12.4 Å². The first kappa shape index (κ1) is 12.3. The highest BCUT2D eigenvalue weighted by Gasteiger charge is 1.97. The average molecular weight is 202 g/mol. The van der Waals surface area contributed by atoms with Crippen molar-refractivity contribution in [2.24, 2.45) is 0 Å². The van der Waals surface area contributed by atoms with Gasteiger partial charge >= 0.3 is 0 Å². The second-order valence-corrected chi connectivity index (χ2v) is 2.73. The standard InChI is InChI=1S/C10H15NO.ClH/c1-2-11-8-7-9-5-3-4-6-10(9)12;/h3-6,11-12H,2,7-8H2,1H3;1H. The summed E-state index contributed by atoms with van der Waals surface area (Å²) in [6.07, 6.45) is 0.889. The fraction of sp³-hybridized carbons (Fsp3) is 0.400. The van der Waals surface area contributed by atoms with Crippen LogP contribution in [0.15, 0.2) is 24.3 Å². The molecule has 0 radical (unpaired) electrons. The Morgan fingerprint density at radius 2 is 2.00 bits per heavy atom. The van der Waals surface area contributed by atoms with E-state index in [1.807, 2.05) is 18.2 Å². The summed E-state index contributed by atoms with van der Waals surface area (Å²) >= 11 is 0. The molecule has 0 aliphatic rings. The third-order valence-electron chi connectivity index (χ3n) is 1.81. The smallest absolute Gasteiger partial charge is 0.118 e. The van der Waals surface area contributed by atoms with Gasteiger partial charge in [-0.05, 0) is 31.1 Å². The summed E-state index contributed by atoms with van der Waals surface area (Å²) in [4.78, 5) is 0. The summed E-state index contributed by atoms with van der Waals surface area (Å²) in [5, 5.41) is 12.6. The number of likely N-dealkylation sites (N-methyl/N-ethyl adjacent to an activating group) is 1. The summed E-state index contributed by atoms with van der Waals surface area (Å²) in [6, 6.07) is 7.46. The molecule has 0 unspecified atom stereocenters. The summed E-state index contributed by atoms with van der Waals surface area (Å²) in [5.74, 6) is 0.399. The number of phenols is 1. The van der Waals surface area contributed by atoms with Crippen molar-refractivity contribution in [1.82, 2.24) is 5.32 Å². The third kappa shape index (κ3) is 4.15. The number of rotatable bonds is 4. The molecule has 0 atom stereocenters. The summed E-state index contributed by atoms with van der Waals surface area (Å²) < 4.78 is 0. The molecule has 0 amide bonds. The molecular formula is C10H16ClNO. The van der Waals surface area contributed by atoms with Gasteiger partial charge in [-0.3, -0.25) is 0 Å². The Kier molecular flexibility index (Phi) is 6.37. The van der Waals surface area contributed by atoms with Crippen molar-refractivity contribution in [1.29, 1.82) is 0 Å². The number of benzene rings is 1. The van der Waals surface area contributed by atoms with Gasteiger partial charge in [0.15, 0.2) is 0 Å². The molecule has 0 saturated heterocycles. The topological polar surface area (TPSA) is 32.3 Å². The normalized spacial score (nSPS) is 9.31. The number of hydrogen-bond donors (Lipinski definition) is 2. The molecule has 13 heavy (non-hydrogen) atoms. The van der Waals surface area contributed by atoms with E-state index in [2.05, 4.69) is 12.2 Å². The van der Waals surface area contributed by atoms with E-state index in [1.54, 1.807) is 6.07 Å². The number of para-hydroxylation sites is 1. The zero-order valence-electron chi connectivity index (χ0n) is 7.79. The maximum absolute atomic E-state index is 9.38. The monoisotopic (exact) mass is 201 g/mol. The minimum Gasteiger partial charge on any atom is -0.508 e. The number of hydrogen-bond acceptors (Lipinski definition) is 2. The van der Waals surface area contributed by atoms with Crippen LogP contribution in [0.5, 0.6) is 5.75 Å². The molecule has 1 aromatic rings. The zero-order valence-corrected chi connectivity index (χ0v) is 8.60. The van der Waals surface area contributed by atoms with Gasteiger partial charge in [0.25, 0.3) is 0 Å². The lowest BCUT2D eigenvalue weighted by Gasteiger charge is -2.03. The minimum absolute atomic E-state index is 0. The van der Waals surface area contributed by atoms with Crippen LogP contribution in [-0.2, 0) is 6.42 Å². The molecule has 2 nitrogen and oxygen atoms in total. The van der Waals surface area contributed by atoms with Gasteiger partial charge in [0.05, 0.1) is 0 Å². The van der Waals surface area contributed by atoms with Gasteiger partial charge in [-0.25, -0.2) is 0 Å². The molecule has 74 valence electrons. The average Bonchev–Trinajstić information content (AvgIpc) is 2.09. The Balaban J connectivity index is 0.00000144. The summed E-state index contributed by atoms with van der Waals surface area (Å²) in [7, 11) is 0. The molecular weight excluding hydrogens is 186 g/mol. The molecule has 0 saturated carbocycles. The highest BCUT2D eigenvalue weighted by Crippen LogP contribution is 2.15. The molecule has 0 aliphatic heterocycles. The van der Waals surface area contributed by atoms with E-state index in [4.69, 9.17) is 0 Å². The second kappa shape index (κ2) is 6.75. The molecule has 0 fully saturated rings. The van der Waals surface area contributed by atoms with Crippen molar-refractivity contribution >= 4 is 12.4 Å². The molecule has 0 aliphatic carbocycles. The van der Waals surface area contributed by atoms with Crippen LogP contribution in [0, 0.1) is 0 Å². The van der Waals surface area contributed by atoms with Crippen molar-refractivity contribution in [3.63, 3.8) is 0 Å². The summed E-state index contributed by atoms with van der Waals surface area (Å²) in [6.45, 7) is 3.98. The van der Waals surface area contributed by atoms with E-state index >= 15 is 0 Å². The van der Waals surface area contributed by atoms with Gasteiger partial charge in [-0.2, -0.15) is 0 Å². The van der Waals surface area contributed by atoms with Crippen LogP contribution in [0.3, 0.4) is 0 Å². The van der Waals surface area contributed by atoms with E-state index in [9.17, 15) is 5.11 Å². The van der Waals surface area contributed by atoms with E-state index in [-0.39, 0.29) is 12.4 Å². The first-order valence-corrected chi connectivity index (χ1v) is 4.32. The maximum Gasteiger partial charge on any atom is 0.118 e. The first-order valence-electron chi connectivity index (χ1n) is 4.32. The SMILES string of the molecule is CCNCCc1ccccc1O.Cl. The highest BCUT2D eigenvalue weighted by molar-refractivity contribution is 5.85. The van der Waals surface area contributed by atoms with E-state index in [0.717, 1.165) is 25.1 Å². The lowest BCUT2D eigenvalue weighted by Crippen LogP contribution is -2.15. The number of phenolic OH excluding ortho intramolecular Hbond substituents is 1. The third-order valence-corrected chi connectivity index (χ3v) is 1.81. The van der Waals surface area contributed by atoms with Crippen molar-refractivity contribution in [3.05, 3.63) is 29.8 Å². The largest absolute Gasteiger partial charge is 0.508 e.